The number of carboxylic acids is 1. The van der Waals surface area contributed by atoms with E-state index in [0.717, 1.165) is 0 Å². The van der Waals surface area contributed by atoms with Crippen molar-refractivity contribution in [3.8, 4) is 0 Å². The van der Waals surface area contributed by atoms with Crippen LogP contribution in [0.2, 0.25) is 0 Å². The molecule has 1 aliphatic heterocycles. The first-order chi connectivity index (χ1) is 9.44. The molecule has 112 valence electrons. The maximum Gasteiger partial charge on any atom is 0.303 e. The van der Waals surface area contributed by atoms with Crippen molar-refractivity contribution in [2.75, 3.05) is 18.8 Å². The number of hydrogen-bond acceptors (Lipinski definition) is 5. The fourth-order valence-electron chi connectivity index (χ4n) is 2.60. The van der Waals surface area contributed by atoms with Gasteiger partial charge >= 0.3 is 5.97 Å². The lowest BCUT2D eigenvalue weighted by molar-refractivity contribution is -0.138. The highest BCUT2D eigenvalue weighted by atomic mass is 32.2. The summed E-state index contributed by atoms with van der Waals surface area (Å²) >= 11 is 0. The molecule has 0 saturated carbocycles. The zero-order valence-electron chi connectivity index (χ0n) is 11.2. The number of sulfonamides is 1. The lowest BCUT2D eigenvalue weighted by Crippen LogP contribution is -2.31. The summed E-state index contributed by atoms with van der Waals surface area (Å²) in [6, 6.07) is 0. The average molecular weight is 302 g/mol. The van der Waals surface area contributed by atoms with Crippen molar-refractivity contribution in [3.05, 3.63) is 11.9 Å². The summed E-state index contributed by atoms with van der Waals surface area (Å²) in [7, 11) is -3.32. The minimum Gasteiger partial charge on any atom is -0.481 e. The second-order valence-electron chi connectivity index (χ2n) is 4.99. The SMILES string of the molecule is CCCS(=O)(=O)N1C[C@@H](CC(=O)O)[C@@H](c2cn[nH]n2)C1. The van der Waals surface area contributed by atoms with Crippen LogP contribution in [0, 0.1) is 5.92 Å². The third kappa shape index (κ3) is 3.15. The molecule has 0 amide bonds. The molecule has 0 aliphatic carbocycles. The van der Waals surface area contributed by atoms with Crippen molar-refractivity contribution in [1.29, 1.82) is 0 Å². The molecule has 2 N–H and O–H groups in total. The van der Waals surface area contributed by atoms with Crippen LogP contribution < -0.4 is 0 Å². The van der Waals surface area contributed by atoms with E-state index in [2.05, 4.69) is 15.4 Å². The quantitative estimate of drug-likeness (QED) is 0.766. The van der Waals surface area contributed by atoms with Crippen LogP contribution in [0.15, 0.2) is 6.20 Å². The summed E-state index contributed by atoms with van der Waals surface area (Å²) in [5.41, 5.74) is 0.616. The van der Waals surface area contributed by atoms with Crippen molar-refractivity contribution < 1.29 is 18.3 Å². The second-order valence-corrected chi connectivity index (χ2v) is 7.08. The van der Waals surface area contributed by atoms with E-state index < -0.39 is 16.0 Å². The molecule has 1 saturated heterocycles. The lowest BCUT2D eigenvalue weighted by atomic mass is 9.91. The molecule has 0 radical (unpaired) electrons. The Hall–Kier alpha value is -1.48. The van der Waals surface area contributed by atoms with Crippen molar-refractivity contribution in [2.45, 2.75) is 25.7 Å². The molecule has 1 aromatic heterocycles. The van der Waals surface area contributed by atoms with Crippen LogP contribution in [-0.2, 0) is 14.8 Å². The summed E-state index contributed by atoms with van der Waals surface area (Å²) < 4.78 is 25.6. The Balaban J connectivity index is 2.20. The molecule has 0 unspecified atom stereocenters. The number of rotatable bonds is 6. The van der Waals surface area contributed by atoms with Gasteiger partial charge in [0.25, 0.3) is 0 Å². The van der Waals surface area contributed by atoms with Crippen LogP contribution in [0.4, 0.5) is 0 Å². The summed E-state index contributed by atoms with van der Waals surface area (Å²) in [5.74, 6) is -1.35. The molecule has 0 aromatic carbocycles. The zero-order chi connectivity index (χ0) is 14.8. The Morgan fingerprint density at radius 3 is 2.85 bits per heavy atom. The van der Waals surface area contributed by atoms with Gasteiger partial charge in [0.1, 0.15) is 0 Å². The summed E-state index contributed by atoms with van der Waals surface area (Å²) in [6.07, 6.45) is 1.99. The maximum absolute atomic E-state index is 12.1. The Morgan fingerprint density at radius 1 is 1.55 bits per heavy atom. The van der Waals surface area contributed by atoms with E-state index in [4.69, 9.17) is 5.11 Å². The van der Waals surface area contributed by atoms with Crippen molar-refractivity contribution in [2.24, 2.45) is 5.92 Å². The number of nitrogens with one attached hydrogen (secondary N) is 1. The number of H-pyrrole nitrogens is 1. The van der Waals surface area contributed by atoms with E-state index in [1.165, 1.54) is 10.5 Å². The summed E-state index contributed by atoms with van der Waals surface area (Å²) in [4.78, 5) is 10.9. The molecular weight excluding hydrogens is 284 g/mol. The standard InChI is InChI=1S/C11H18N4O4S/c1-2-3-20(18,19)15-6-8(4-11(16)17)9(7-15)10-5-12-14-13-10/h5,8-9H,2-4,6-7H2,1H3,(H,16,17)(H,12,13,14)/t8-,9+/m1/s1. The van der Waals surface area contributed by atoms with Crippen molar-refractivity contribution in [1.82, 2.24) is 19.7 Å². The Kier molecular flexibility index (Phi) is 4.39. The fraction of sp³-hybridized carbons (Fsp3) is 0.727. The third-order valence-corrected chi connectivity index (χ3v) is 5.52. The van der Waals surface area contributed by atoms with Crippen molar-refractivity contribution >= 4 is 16.0 Å². The van der Waals surface area contributed by atoms with Gasteiger partial charge in [-0.05, 0) is 12.3 Å². The number of nitrogens with zero attached hydrogens (tertiary/aromatic N) is 3. The van der Waals surface area contributed by atoms with Gasteiger partial charge in [0.2, 0.25) is 10.0 Å². The highest BCUT2D eigenvalue weighted by Crippen LogP contribution is 2.35. The van der Waals surface area contributed by atoms with E-state index in [-0.39, 0.29) is 37.1 Å². The molecule has 8 nitrogen and oxygen atoms in total. The highest BCUT2D eigenvalue weighted by Gasteiger charge is 2.40. The fourth-order valence-corrected chi connectivity index (χ4v) is 4.18. The third-order valence-electron chi connectivity index (χ3n) is 3.51. The average Bonchev–Trinajstić information content (AvgIpc) is 2.96. The number of carbonyl (C=O) groups is 1. The monoisotopic (exact) mass is 302 g/mol. The summed E-state index contributed by atoms with van der Waals surface area (Å²) in [6.45, 7) is 2.30. The molecule has 2 heterocycles. The zero-order valence-corrected chi connectivity index (χ0v) is 12.0. The Bertz CT molecular complexity index is 557. The van der Waals surface area contributed by atoms with Gasteiger partial charge < -0.3 is 5.11 Å². The van der Waals surface area contributed by atoms with E-state index in [1.807, 2.05) is 0 Å². The lowest BCUT2D eigenvalue weighted by Gasteiger charge is -2.15. The molecule has 9 heteroatoms. The minimum atomic E-state index is -3.32. The van der Waals surface area contributed by atoms with Gasteiger partial charge in [0.15, 0.2) is 0 Å². The largest absolute Gasteiger partial charge is 0.481 e. The molecule has 0 bridgehead atoms. The number of carboxylic acid groups (broad SMARTS) is 1. The van der Waals surface area contributed by atoms with Crippen LogP contribution in [0.3, 0.4) is 0 Å². The van der Waals surface area contributed by atoms with Crippen LogP contribution in [-0.4, -0.2) is 58.1 Å². The first kappa shape index (κ1) is 14.9. The van der Waals surface area contributed by atoms with Crippen LogP contribution in [0.5, 0.6) is 0 Å². The van der Waals surface area contributed by atoms with Gasteiger partial charge in [0.05, 0.1) is 24.1 Å². The normalized spacial score (nSPS) is 24.1. The Morgan fingerprint density at radius 2 is 2.30 bits per heavy atom. The predicted molar refractivity (Wildman–Crippen MR) is 70.5 cm³/mol. The first-order valence-electron chi connectivity index (χ1n) is 6.49. The van der Waals surface area contributed by atoms with Gasteiger partial charge in [0, 0.05) is 19.0 Å². The van der Waals surface area contributed by atoms with Crippen LogP contribution in [0.1, 0.15) is 31.4 Å². The molecular formula is C11H18N4O4S. The van der Waals surface area contributed by atoms with Crippen LogP contribution >= 0.6 is 0 Å². The Labute approximate surface area is 117 Å². The summed E-state index contributed by atoms with van der Waals surface area (Å²) in [5, 5.41) is 19.1. The second kappa shape index (κ2) is 5.88. The maximum atomic E-state index is 12.1. The van der Waals surface area contributed by atoms with E-state index in [1.54, 1.807) is 6.92 Å². The number of aliphatic carboxylic acids is 1. The predicted octanol–water partition coefficient (Wildman–Crippen LogP) is 0.0346. The van der Waals surface area contributed by atoms with Crippen LogP contribution in [0.25, 0.3) is 0 Å². The van der Waals surface area contributed by atoms with Gasteiger partial charge in [-0.3, -0.25) is 4.79 Å². The smallest absolute Gasteiger partial charge is 0.303 e. The highest BCUT2D eigenvalue weighted by molar-refractivity contribution is 7.89. The number of hydrogen-bond donors (Lipinski definition) is 2. The first-order valence-corrected chi connectivity index (χ1v) is 8.10. The molecule has 1 aliphatic rings. The molecule has 1 fully saturated rings. The topological polar surface area (TPSA) is 116 Å². The van der Waals surface area contributed by atoms with Gasteiger partial charge in [-0.1, -0.05) is 6.92 Å². The van der Waals surface area contributed by atoms with Gasteiger partial charge in [-0.25, -0.2) is 12.7 Å². The van der Waals surface area contributed by atoms with E-state index in [0.29, 0.717) is 12.1 Å². The molecule has 0 spiro atoms. The van der Waals surface area contributed by atoms with E-state index >= 15 is 0 Å². The molecule has 20 heavy (non-hydrogen) atoms. The van der Waals surface area contributed by atoms with Gasteiger partial charge in [-0.2, -0.15) is 15.4 Å². The minimum absolute atomic E-state index is 0.0737. The molecule has 2 atom stereocenters. The molecule has 2 rings (SSSR count). The van der Waals surface area contributed by atoms with Crippen molar-refractivity contribution in [3.63, 3.8) is 0 Å². The van der Waals surface area contributed by atoms with E-state index in [9.17, 15) is 13.2 Å². The number of aromatic amines is 1. The number of aromatic nitrogens is 3. The van der Waals surface area contributed by atoms with Gasteiger partial charge in [-0.15, -0.1) is 0 Å². The molecule has 1 aromatic rings.